The number of aryl methyl sites for hydroxylation is 1. The summed E-state index contributed by atoms with van der Waals surface area (Å²) in [4.78, 5) is 8.20. The van der Waals surface area contributed by atoms with Gasteiger partial charge in [-0.25, -0.2) is 9.97 Å². The molecule has 0 radical (unpaired) electrons. The number of hydrogen-bond donors (Lipinski definition) is 1. The lowest BCUT2D eigenvalue weighted by Gasteiger charge is -2.11. The fourth-order valence-corrected chi connectivity index (χ4v) is 1.52. The van der Waals surface area contributed by atoms with Crippen LogP contribution in [0.25, 0.3) is 0 Å². The highest BCUT2D eigenvalue weighted by Crippen LogP contribution is 2.27. The molecule has 1 heterocycles. The minimum atomic E-state index is 0.395. The largest absolute Gasteiger partial charge is 0.495 e. The predicted octanol–water partition coefficient (Wildman–Crippen LogP) is 2.41. The Morgan fingerprint density at radius 2 is 2.11 bits per heavy atom. The third kappa shape index (κ3) is 2.38. The lowest BCUT2D eigenvalue weighted by molar-refractivity contribution is 0.417. The van der Waals surface area contributed by atoms with Crippen molar-refractivity contribution in [3.63, 3.8) is 0 Å². The number of methoxy groups -OCH3 is 1. The van der Waals surface area contributed by atoms with E-state index in [0.717, 1.165) is 5.69 Å². The Labute approximate surface area is 105 Å². The highest BCUT2D eigenvalue weighted by Gasteiger charge is 2.08. The number of nitrogens with one attached hydrogen (secondary N) is 1. The third-order valence-corrected chi connectivity index (χ3v) is 2.39. The highest BCUT2D eigenvalue weighted by molar-refractivity contribution is 5.67. The van der Waals surface area contributed by atoms with Crippen LogP contribution in [-0.4, -0.2) is 17.1 Å². The van der Waals surface area contributed by atoms with E-state index in [0.29, 0.717) is 23.0 Å². The molecular weight excluding hydrogens is 228 g/mol. The van der Waals surface area contributed by atoms with Crippen LogP contribution < -0.4 is 10.1 Å². The molecular formula is C13H12N4O. The molecule has 0 spiro atoms. The van der Waals surface area contributed by atoms with Gasteiger partial charge in [0.2, 0.25) is 0 Å². The van der Waals surface area contributed by atoms with Crippen molar-refractivity contribution in [2.75, 3.05) is 12.4 Å². The van der Waals surface area contributed by atoms with E-state index in [2.05, 4.69) is 21.4 Å². The molecule has 0 saturated carbocycles. The molecule has 0 atom stereocenters. The Bertz CT molecular complexity index is 604. The number of hydrogen-bond acceptors (Lipinski definition) is 5. The number of benzene rings is 1. The Morgan fingerprint density at radius 1 is 1.33 bits per heavy atom. The van der Waals surface area contributed by atoms with Gasteiger partial charge in [0, 0.05) is 0 Å². The quantitative estimate of drug-likeness (QED) is 0.892. The first kappa shape index (κ1) is 11.9. The molecule has 2 aromatic rings. The molecule has 5 heteroatoms. The molecule has 5 nitrogen and oxygen atoms in total. The van der Waals surface area contributed by atoms with Crippen molar-refractivity contribution >= 4 is 11.5 Å². The van der Waals surface area contributed by atoms with Gasteiger partial charge in [0.25, 0.3) is 0 Å². The molecule has 0 bridgehead atoms. The maximum absolute atomic E-state index is 9.01. The van der Waals surface area contributed by atoms with E-state index >= 15 is 0 Å². The SMILES string of the molecule is COc1ccccc1Nc1nc(C)ncc1C#N. The highest BCUT2D eigenvalue weighted by atomic mass is 16.5. The van der Waals surface area contributed by atoms with E-state index in [1.54, 1.807) is 14.0 Å². The lowest BCUT2D eigenvalue weighted by Crippen LogP contribution is -2.01. The van der Waals surface area contributed by atoms with Crippen molar-refractivity contribution < 1.29 is 4.74 Å². The van der Waals surface area contributed by atoms with Gasteiger partial charge in [-0.3, -0.25) is 0 Å². The van der Waals surface area contributed by atoms with Crippen LogP contribution >= 0.6 is 0 Å². The number of anilines is 2. The Hall–Kier alpha value is -2.61. The van der Waals surface area contributed by atoms with Gasteiger partial charge >= 0.3 is 0 Å². The predicted molar refractivity (Wildman–Crippen MR) is 67.8 cm³/mol. The summed E-state index contributed by atoms with van der Waals surface area (Å²) in [5, 5.41) is 12.1. The van der Waals surface area contributed by atoms with Gasteiger partial charge in [0.15, 0.2) is 5.82 Å². The molecule has 1 aromatic heterocycles. The first-order valence-electron chi connectivity index (χ1n) is 5.38. The van der Waals surface area contributed by atoms with Gasteiger partial charge in [-0.1, -0.05) is 12.1 Å². The van der Waals surface area contributed by atoms with Crippen LogP contribution in [0.5, 0.6) is 5.75 Å². The zero-order valence-corrected chi connectivity index (χ0v) is 10.1. The molecule has 18 heavy (non-hydrogen) atoms. The van der Waals surface area contributed by atoms with Crippen LogP contribution in [0.3, 0.4) is 0 Å². The average Bonchev–Trinajstić information content (AvgIpc) is 2.40. The summed E-state index contributed by atoms with van der Waals surface area (Å²) < 4.78 is 5.23. The summed E-state index contributed by atoms with van der Waals surface area (Å²) in [6.45, 7) is 1.77. The minimum absolute atomic E-state index is 0.395. The second kappa shape index (κ2) is 5.15. The maximum atomic E-state index is 9.01. The summed E-state index contributed by atoms with van der Waals surface area (Å²) in [6, 6.07) is 9.50. The van der Waals surface area contributed by atoms with Crippen LogP contribution in [0.4, 0.5) is 11.5 Å². The van der Waals surface area contributed by atoms with Crippen LogP contribution in [0.1, 0.15) is 11.4 Å². The Morgan fingerprint density at radius 3 is 2.83 bits per heavy atom. The van der Waals surface area contributed by atoms with Gasteiger partial charge in [-0.05, 0) is 19.1 Å². The molecule has 0 aliphatic carbocycles. The van der Waals surface area contributed by atoms with Crippen LogP contribution in [0, 0.1) is 18.3 Å². The number of nitriles is 1. The van der Waals surface area contributed by atoms with Crippen molar-refractivity contribution in [1.29, 1.82) is 5.26 Å². The molecule has 0 aliphatic rings. The number of rotatable bonds is 3. The van der Waals surface area contributed by atoms with Crippen LogP contribution in [0.15, 0.2) is 30.5 Å². The van der Waals surface area contributed by atoms with Crippen molar-refractivity contribution in [2.24, 2.45) is 0 Å². The summed E-state index contributed by atoms with van der Waals surface area (Å²) in [7, 11) is 1.59. The molecule has 1 aromatic carbocycles. The summed E-state index contributed by atoms with van der Waals surface area (Å²) in [6.07, 6.45) is 1.50. The maximum Gasteiger partial charge on any atom is 0.152 e. The van der Waals surface area contributed by atoms with E-state index in [9.17, 15) is 0 Å². The Kier molecular flexibility index (Phi) is 3.39. The van der Waals surface area contributed by atoms with E-state index in [4.69, 9.17) is 10.00 Å². The van der Waals surface area contributed by atoms with E-state index in [1.807, 2.05) is 24.3 Å². The van der Waals surface area contributed by atoms with E-state index < -0.39 is 0 Å². The molecule has 90 valence electrons. The standard InChI is InChI=1S/C13H12N4O/c1-9-15-8-10(7-14)13(16-9)17-11-5-3-4-6-12(11)18-2/h3-6,8H,1-2H3,(H,15,16,17). The second-order valence-electron chi connectivity index (χ2n) is 3.62. The monoisotopic (exact) mass is 240 g/mol. The van der Waals surface area contributed by atoms with E-state index in [1.165, 1.54) is 6.20 Å². The first-order chi connectivity index (χ1) is 8.74. The fourth-order valence-electron chi connectivity index (χ4n) is 1.52. The number of ether oxygens (including phenoxy) is 1. The molecule has 0 aliphatic heterocycles. The molecule has 2 rings (SSSR count). The normalized spacial score (nSPS) is 9.61. The van der Waals surface area contributed by atoms with Crippen molar-refractivity contribution in [1.82, 2.24) is 9.97 Å². The summed E-state index contributed by atoms with van der Waals surface area (Å²) in [5.74, 6) is 1.78. The van der Waals surface area contributed by atoms with E-state index in [-0.39, 0.29) is 0 Å². The minimum Gasteiger partial charge on any atom is -0.495 e. The molecule has 0 unspecified atom stereocenters. The van der Waals surface area contributed by atoms with Gasteiger partial charge in [0.05, 0.1) is 19.0 Å². The summed E-state index contributed by atoms with van der Waals surface area (Å²) >= 11 is 0. The van der Waals surface area contributed by atoms with Crippen molar-refractivity contribution in [3.8, 4) is 11.8 Å². The average molecular weight is 240 g/mol. The number of aromatic nitrogens is 2. The zero-order valence-electron chi connectivity index (χ0n) is 10.1. The second-order valence-corrected chi connectivity index (χ2v) is 3.62. The summed E-state index contributed by atoms with van der Waals surface area (Å²) in [5.41, 5.74) is 1.15. The van der Waals surface area contributed by atoms with Crippen LogP contribution in [-0.2, 0) is 0 Å². The van der Waals surface area contributed by atoms with Gasteiger partial charge in [-0.15, -0.1) is 0 Å². The van der Waals surface area contributed by atoms with Gasteiger partial charge in [-0.2, -0.15) is 5.26 Å². The number of para-hydroxylation sites is 2. The lowest BCUT2D eigenvalue weighted by atomic mass is 10.2. The molecule has 0 fully saturated rings. The molecule has 0 saturated heterocycles. The smallest absolute Gasteiger partial charge is 0.152 e. The zero-order chi connectivity index (χ0) is 13.0. The molecule has 0 amide bonds. The van der Waals surface area contributed by atoms with Crippen molar-refractivity contribution in [2.45, 2.75) is 6.92 Å². The number of nitrogens with zero attached hydrogens (tertiary/aromatic N) is 3. The van der Waals surface area contributed by atoms with Crippen LogP contribution in [0.2, 0.25) is 0 Å². The topological polar surface area (TPSA) is 70.8 Å². The van der Waals surface area contributed by atoms with Gasteiger partial charge in [0.1, 0.15) is 23.2 Å². The third-order valence-electron chi connectivity index (χ3n) is 2.39. The van der Waals surface area contributed by atoms with Crippen molar-refractivity contribution in [3.05, 3.63) is 41.9 Å². The fraction of sp³-hybridized carbons (Fsp3) is 0.154. The first-order valence-corrected chi connectivity index (χ1v) is 5.38. The Balaban J connectivity index is 2.40. The van der Waals surface area contributed by atoms with Gasteiger partial charge < -0.3 is 10.1 Å². The molecule has 1 N–H and O–H groups in total.